The molecule has 3 amide bonds. The van der Waals surface area contributed by atoms with E-state index in [4.69, 9.17) is 0 Å². The van der Waals surface area contributed by atoms with Crippen molar-refractivity contribution in [3.05, 3.63) is 60.2 Å². The molecule has 38 heavy (non-hydrogen) atoms. The fraction of sp³-hybridized carbons (Fsp3) is 0.444. The Morgan fingerprint density at radius 2 is 1.84 bits per heavy atom. The highest BCUT2D eigenvalue weighted by Crippen LogP contribution is 2.71. The molecule has 0 saturated carbocycles. The van der Waals surface area contributed by atoms with Crippen LogP contribution in [-0.2, 0) is 27.6 Å². The third-order valence-corrected chi connectivity index (χ3v) is 10.3. The van der Waals surface area contributed by atoms with Crippen LogP contribution in [0.15, 0.2) is 54.6 Å². The van der Waals surface area contributed by atoms with Crippen molar-refractivity contribution in [2.24, 2.45) is 11.8 Å². The predicted octanol–water partition coefficient (Wildman–Crippen LogP) is 1.29. The maximum atomic E-state index is 13.8. The maximum absolute atomic E-state index is 13.8. The fourth-order valence-corrected chi connectivity index (χ4v) is 9.01. The molecular formula is C27H30N6O4S. The molecule has 11 heteroatoms. The average Bonchev–Trinajstić information content (AvgIpc) is 3.63. The molecule has 198 valence electrons. The van der Waals surface area contributed by atoms with Crippen LogP contribution in [0.5, 0.6) is 0 Å². The Hall–Kier alpha value is -3.44. The standard InChI is InChI=1S/C27H30N6O4S/c1-26-11-12-27(38-26)21(20(26)23(35)28-15-17-7-3-2-4-8-17)25(37)32(13-14-34)22(27)24(36)29-16-33-19-10-6-5-9-18(19)30-31-33/h2-10,20-22,34H,11-16H2,1H3,(H,28,35)(H,29,36)/t20-,21-,22?,26+,27?/m0/s1. The van der Waals surface area contributed by atoms with Crippen LogP contribution in [0.1, 0.15) is 25.3 Å². The summed E-state index contributed by atoms with van der Waals surface area (Å²) in [5.74, 6) is -1.90. The molecule has 2 unspecified atom stereocenters. The third-order valence-electron chi connectivity index (χ3n) is 8.28. The summed E-state index contributed by atoms with van der Waals surface area (Å²) in [7, 11) is 0. The number of β-amino-alcohol motifs (C(OH)–C–C–N with tert-alkyl or cyclic N) is 1. The van der Waals surface area contributed by atoms with Crippen molar-refractivity contribution in [2.75, 3.05) is 13.2 Å². The highest BCUT2D eigenvalue weighted by Gasteiger charge is 2.76. The summed E-state index contributed by atoms with van der Waals surface area (Å²) < 4.78 is 0.424. The molecule has 3 N–H and O–H groups in total. The lowest BCUT2D eigenvalue weighted by Crippen LogP contribution is -2.54. The molecule has 0 radical (unpaired) electrons. The molecule has 0 aliphatic carbocycles. The van der Waals surface area contributed by atoms with E-state index in [0.29, 0.717) is 13.0 Å². The normalized spacial score (nSPS) is 29.6. The molecule has 3 aromatic rings. The van der Waals surface area contributed by atoms with Crippen molar-refractivity contribution < 1.29 is 19.5 Å². The molecule has 3 fully saturated rings. The van der Waals surface area contributed by atoms with Gasteiger partial charge in [0, 0.05) is 17.8 Å². The largest absolute Gasteiger partial charge is 0.395 e. The van der Waals surface area contributed by atoms with Gasteiger partial charge in [-0.15, -0.1) is 16.9 Å². The Bertz CT molecular complexity index is 1400. The van der Waals surface area contributed by atoms with Gasteiger partial charge in [0.2, 0.25) is 17.7 Å². The number of hydrogen-bond acceptors (Lipinski definition) is 7. The molecule has 10 nitrogen and oxygen atoms in total. The molecule has 5 atom stereocenters. The number of nitrogens with one attached hydrogen (secondary N) is 2. The summed E-state index contributed by atoms with van der Waals surface area (Å²) in [4.78, 5) is 42.7. The lowest BCUT2D eigenvalue weighted by Gasteiger charge is -2.34. The number of carbonyl (C=O) groups is 3. The Balaban J connectivity index is 1.26. The molecule has 2 aromatic carbocycles. The first-order valence-corrected chi connectivity index (χ1v) is 13.7. The van der Waals surface area contributed by atoms with E-state index in [2.05, 4.69) is 20.9 Å². The molecule has 6 rings (SSSR count). The van der Waals surface area contributed by atoms with E-state index < -0.39 is 27.4 Å². The minimum absolute atomic E-state index is 0.0387. The van der Waals surface area contributed by atoms with E-state index >= 15 is 0 Å². The van der Waals surface area contributed by atoms with E-state index in [1.165, 1.54) is 4.90 Å². The van der Waals surface area contributed by atoms with Crippen molar-refractivity contribution in [1.29, 1.82) is 0 Å². The smallest absolute Gasteiger partial charge is 0.245 e. The van der Waals surface area contributed by atoms with Crippen molar-refractivity contribution in [1.82, 2.24) is 30.5 Å². The second-order valence-electron chi connectivity index (χ2n) is 10.5. The molecule has 4 heterocycles. The number of aliphatic hydroxyl groups excluding tert-OH is 1. The molecule has 1 aromatic heterocycles. The van der Waals surface area contributed by atoms with Crippen LogP contribution in [0.4, 0.5) is 0 Å². The summed E-state index contributed by atoms with van der Waals surface area (Å²) >= 11 is 1.61. The zero-order valence-electron chi connectivity index (χ0n) is 21.0. The first-order valence-electron chi connectivity index (χ1n) is 12.9. The molecule has 2 bridgehead atoms. The van der Waals surface area contributed by atoms with Gasteiger partial charge in [0.1, 0.15) is 18.2 Å². The van der Waals surface area contributed by atoms with Gasteiger partial charge in [-0.1, -0.05) is 47.7 Å². The zero-order valence-corrected chi connectivity index (χ0v) is 21.9. The van der Waals surface area contributed by atoms with Gasteiger partial charge >= 0.3 is 0 Å². The first-order chi connectivity index (χ1) is 18.4. The van der Waals surface area contributed by atoms with Gasteiger partial charge in [-0.3, -0.25) is 14.4 Å². The number of thioether (sulfide) groups is 1. The van der Waals surface area contributed by atoms with Gasteiger partial charge < -0.3 is 20.6 Å². The second-order valence-corrected chi connectivity index (χ2v) is 12.4. The highest BCUT2D eigenvalue weighted by atomic mass is 32.2. The number of aliphatic hydroxyl groups is 1. The lowest BCUT2D eigenvalue weighted by molar-refractivity contribution is -0.141. The number of amides is 3. The molecule has 3 aliphatic rings. The number of rotatable bonds is 8. The minimum Gasteiger partial charge on any atom is -0.395 e. The number of para-hydroxylation sites is 1. The number of likely N-dealkylation sites (tertiary alicyclic amines) is 1. The quantitative estimate of drug-likeness (QED) is 0.397. The zero-order chi connectivity index (χ0) is 26.5. The topological polar surface area (TPSA) is 129 Å². The van der Waals surface area contributed by atoms with Crippen molar-refractivity contribution in [3.63, 3.8) is 0 Å². The maximum Gasteiger partial charge on any atom is 0.245 e. The van der Waals surface area contributed by atoms with E-state index in [9.17, 15) is 19.5 Å². The number of fused-ring (bicyclic) bond motifs is 2. The number of carbonyl (C=O) groups excluding carboxylic acids is 3. The van der Waals surface area contributed by atoms with E-state index in [1.54, 1.807) is 16.4 Å². The summed E-state index contributed by atoms with van der Waals surface area (Å²) in [5.41, 5.74) is 2.49. The summed E-state index contributed by atoms with van der Waals surface area (Å²) in [5, 5.41) is 24.0. The minimum atomic E-state index is -0.791. The van der Waals surface area contributed by atoms with Gasteiger partial charge in [0.15, 0.2) is 0 Å². The third kappa shape index (κ3) is 3.79. The number of nitrogens with zero attached hydrogens (tertiary/aromatic N) is 4. The first kappa shape index (κ1) is 24.9. The second kappa shape index (κ2) is 9.39. The Labute approximate surface area is 224 Å². The van der Waals surface area contributed by atoms with Crippen LogP contribution >= 0.6 is 11.8 Å². The van der Waals surface area contributed by atoms with Gasteiger partial charge in [-0.05, 0) is 37.5 Å². The van der Waals surface area contributed by atoms with Crippen molar-refractivity contribution in [3.8, 4) is 0 Å². The summed E-state index contributed by atoms with van der Waals surface area (Å²) in [6.07, 6.45) is 1.38. The van der Waals surface area contributed by atoms with Gasteiger partial charge in [-0.2, -0.15) is 0 Å². The van der Waals surface area contributed by atoms with E-state index in [1.807, 2.05) is 61.5 Å². The Morgan fingerprint density at radius 3 is 2.63 bits per heavy atom. The van der Waals surface area contributed by atoms with Gasteiger partial charge in [0.05, 0.1) is 28.7 Å². The van der Waals surface area contributed by atoms with Crippen LogP contribution < -0.4 is 10.6 Å². The molecular weight excluding hydrogens is 504 g/mol. The van der Waals surface area contributed by atoms with Crippen LogP contribution in [0.2, 0.25) is 0 Å². The van der Waals surface area contributed by atoms with Crippen LogP contribution in [0, 0.1) is 11.8 Å². The number of aromatic nitrogens is 3. The predicted molar refractivity (Wildman–Crippen MR) is 141 cm³/mol. The van der Waals surface area contributed by atoms with Gasteiger partial charge in [0.25, 0.3) is 0 Å². The Morgan fingerprint density at radius 1 is 1.08 bits per heavy atom. The fourth-order valence-electron chi connectivity index (χ4n) is 6.65. The summed E-state index contributed by atoms with van der Waals surface area (Å²) in [6.45, 7) is 2.29. The lowest BCUT2D eigenvalue weighted by atomic mass is 9.66. The number of hydrogen-bond donors (Lipinski definition) is 3. The molecule has 3 saturated heterocycles. The van der Waals surface area contributed by atoms with Crippen LogP contribution in [0.25, 0.3) is 11.0 Å². The highest BCUT2D eigenvalue weighted by molar-refractivity contribution is 8.02. The summed E-state index contributed by atoms with van der Waals surface area (Å²) in [6, 6.07) is 16.3. The molecule has 3 aliphatic heterocycles. The van der Waals surface area contributed by atoms with Gasteiger partial charge in [-0.25, -0.2) is 4.68 Å². The average molecular weight is 535 g/mol. The number of benzene rings is 2. The van der Waals surface area contributed by atoms with E-state index in [-0.39, 0.29) is 37.5 Å². The molecule has 1 spiro atoms. The van der Waals surface area contributed by atoms with Crippen molar-refractivity contribution >= 4 is 40.5 Å². The van der Waals surface area contributed by atoms with Crippen molar-refractivity contribution in [2.45, 2.75) is 48.5 Å². The van der Waals surface area contributed by atoms with Crippen LogP contribution in [0.3, 0.4) is 0 Å². The monoisotopic (exact) mass is 534 g/mol. The van der Waals surface area contributed by atoms with Crippen LogP contribution in [-0.4, -0.2) is 71.4 Å². The Kier molecular flexibility index (Phi) is 6.14. The van der Waals surface area contributed by atoms with E-state index in [0.717, 1.165) is 23.0 Å². The SMILES string of the molecule is C[C@]12CCC3(S1)C(C(=O)NCn1nnc4ccccc41)N(CCO)C(=O)[C@@H]3[C@H]2C(=O)NCc1ccccc1.